The zero-order valence-electron chi connectivity index (χ0n) is 8.51. The Hall–Kier alpha value is -0.610. The SMILES string of the molecule is O=C1CCC(NC2CCNCC2)CN1. The molecule has 0 radical (unpaired) electrons. The van der Waals surface area contributed by atoms with Crippen LogP contribution in [0.5, 0.6) is 0 Å². The molecule has 0 aromatic carbocycles. The zero-order chi connectivity index (χ0) is 9.80. The Morgan fingerprint density at radius 3 is 2.57 bits per heavy atom. The molecular weight excluding hydrogens is 178 g/mol. The molecule has 3 N–H and O–H groups in total. The van der Waals surface area contributed by atoms with Gasteiger partial charge in [0, 0.05) is 25.0 Å². The van der Waals surface area contributed by atoms with Crippen molar-refractivity contribution in [1.82, 2.24) is 16.0 Å². The van der Waals surface area contributed by atoms with Crippen LogP contribution in [0.25, 0.3) is 0 Å². The summed E-state index contributed by atoms with van der Waals surface area (Å²) in [6, 6.07) is 1.15. The molecule has 0 aromatic rings. The van der Waals surface area contributed by atoms with E-state index in [9.17, 15) is 4.79 Å². The first kappa shape index (κ1) is 9.93. The van der Waals surface area contributed by atoms with E-state index < -0.39 is 0 Å². The summed E-state index contributed by atoms with van der Waals surface area (Å²) in [7, 11) is 0. The standard InChI is InChI=1S/C10H19N3O/c14-10-2-1-9(7-12-10)13-8-3-5-11-6-4-8/h8-9,11,13H,1-7H2,(H,12,14). The van der Waals surface area contributed by atoms with Crippen LogP contribution in [0.4, 0.5) is 0 Å². The van der Waals surface area contributed by atoms with Crippen molar-refractivity contribution in [2.75, 3.05) is 19.6 Å². The third kappa shape index (κ3) is 2.69. The maximum absolute atomic E-state index is 11.0. The number of hydrogen-bond donors (Lipinski definition) is 3. The number of amides is 1. The topological polar surface area (TPSA) is 53.2 Å². The van der Waals surface area contributed by atoms with Crippen LogP contribution >= 0.6 is 0 Å². The maximum Gasteiger partial charge on any atom is 0.220 e. The van der Waals surface area contributed by atoms with Gasteiger partial charge in [-0.05, 0) is 32.4 Å². The van der Waals surface area contributed by atoms with Gasteiger partial charge in [-0.25, -0.2) is 0 Å². The number of carbonyl (C=O) groups is 1. The van der Waals surface area contributed by atoms with E-state index in [0.29, 0.717) is 18.5 Å². The first-order valence-electron chi connectivity index (χ1n) is 5.58. The predicted octanol–water partition coefficient (Wildman–Crippen LogP) is -0.393. The Kier molecular flexibility index (Phi) is 3.37. The molecule has 80 valence electrons. The van der Waals surface area contributed by atoms with Crippen molar-refractivity contribution in [2.24, 2.45) is 0 Å². The summed E-state index contributed by atoms with van der Waals surface area (Å²) in [5.41, 5.74) is 0. The fraction of sp³-hybridized carbons (Fsp3) is 0.900. The smallest absolute Gasteiger partial charge is 0.220 e. The molecule has 0 saturated carbocycles. The van der Waals surface area contributed by atoms with Crippen molar-refractivity contribution in [2.45, 2.75) is 37.8 Å². The fourth-order valence-corrected chi connectivity index (χ4v) is 2.20. The van der Waals surface area contributed by atoms with E-state index in [2.05, 4.69) is 16.0 Å². The van der Waals surface area contributed by atoms with Gasteiger partial charge in [0.1, 0.15) is 0 Å². The van der Waals surface area contributed by atoms with Gasteiger partial charge >= 0.3 is 0 Å². The molecular formula is C10H19N3O. The number of carbonyl (C=O) groups excluding carboxylic acids is 1. The first-order valence-corrected chi connectivity index (χ1v) is 5.58. The molecule has 1 unspecified atom stereocenters. The highest BCUT2D eigenvalue weighted by atomic mass is 16.1. The van der Waals surface area contributed by atoms with Crippen LogP contribution in [0, 0.1) is 0 Å². The van der Waals surface area contributed by atoms with E-state index in [1.807, 2.05) is 0 Å². The van der Waals surface area contributed by atoms with Gasteiger partial charge in [0.25, 0.3) is 0 Å². The summed E-state index contributed by atoms with van der Waals surface area (Å²) in [6.07, 6.45) is 4.10. The molecule has 14 heavy (non-hydrogen) atoms. The summed E-state index contributed by atoms with van der Waals surface area (Å²) in [5.74, 6) is 0.202. The quantitative estimate of drug-likeness (QED) is 0.565. The first-order chi connectivity index (χ1) is 6.84. The second-order valence-electron chi connectivity index (χ2n) is 4.23. The molecule has 2 heterocycles. The van der Waals surface area contributed by atoms with Gasteiger partial charge in [0.2, 0.25) is 5.91 Å². The van der Waals surface area contributed by atoms with Crippen LogP contribution < -0.4 is 16.0 Å². The Morgan fingerprint density at radius 1 is 1.14 bits per heavy atom. The highest BCUT2D eigenvalue weighted by Crippen LogP contribution is 2.08. The van der Waals surface area contributed by atoms with Crippen LogP contribution in [0.2, 0.25) is 0 Å². The molecule has 2 aliphatic rings. The molecule has 1 amide bonds. The Labute approximate surface area is 84.8 Å². The lowest BCUT2D eigenvalue weighted by molar-refractivity contribution is -0.122. The molecule has 2 saturated heterocycles. The van der Waals surface area contributed by atoms with Crippen LogP contribution in [0.3, 0.4) is 0 Å². The number of nitrogens with one attached hydrogen (secondary N) is 3. The molecule has 0 spiro atoms. The molecule has 1 atom stereocenters. The normalized spacial score (nSPS) is 30.0. The van der Waals surface area contributed by atoms with Crippen LogP contribution in [0.15, 0.2) is 0 Å². The number of rotatable bonds is 2. The molecule has 0 bridgehead atoms. The Bertz CT molecular complexity index is 192. The van der Waals surface area contributed by atoms with Crippen molar-refractivity contribution in [3.05, 3.63) is 0 Å². The van der Waals surface area contributed by atoms with E-state index in [4.69, 9.17) is 0 Å². The van der Waals surface area contributed by atoms with E-state index >= 15 is 0 Å². The predicted molar refractivity (Wildman–Crippen MR) is 55.1 cm³/mol. The molecule has 4 heteroatoms. The largest absolute Gasteiger partial charge is 0.355 e. The number of piperidine rings is 2. The van der Waals surface area contributed by atoms with Crippen LogP contribution in [-0.2, 0) is 4.79 Å². The highest BCUT2D eigenvalue weighted by molar-refractivity contribution is 5.76. The van der Waals surface area contributed by atoms with E-state index in [1.165, 1.54) is 12.8 Å². The molecule has 0 aromatic heterocycles. The minimum atomic E-state index is 0.202. The molecule has 2 fully saturated rings. The zero-order valence-corrected chi connectivity index (χ0v) is 8.51. The Morgan fingerprint density at radius 2 is 1.93 bits per heavy atom. The minimum Gasteiger partial charge on any atom is -0.355 e. The average Bonchev–Trinajstić information content (AvgIpc) is 2.23. The van der Waals surface area contributed by atoms with E-state index in [0.717, 1.165) is 26.1 Å². The summed E-state index contributed by atoms with van der Waals surface area (Å²) < 4.78 is 0. The second-order valence-corrected chi connectivity index (χ2v) is 4.23. The summed E-state index contributed by atoms with van der Waals surface area (Å²) in [6.45, 7) is 3.05. The summed E-state index contributed by atoms with van der Waals surface area (Å²) in [4.78, 5) is 11.0. The van der Waals surface area contributed by atoms with Gasteiger partial charge < -0.3 is 16.0 Å². The highest BCUT2D eigenvalue weighted by Gasteiger charge is 2.21. The van der Waals surface area contributed by atoms with Crippen LogP contribution in [0.1, 0.15) is 25.7 Å². The van der Waals surface area contributed by atoms with Crippen molar-refractivity contribution in [1.29, 1.82) is 0 Å². The maximum atomic E-state index is 11.0. The van der Waals surface area contributed by atoms with Crippen molar-refractivity contribution < 1.29 is 4.79 Å². The van der Waals surface area contributed by atoms with Crippen LogP contribution in [-0.4, -0.2) is 37.6 Å². The lowest BCUT2D eigenvalue weighted by Gasteiger charge is -2.31. The molecule has 2 aliphatic heterocycles. The average molecular weight is 197 g/mol. The molecule has 4 nitrogen and oxygen atoms in total. The van der Waals surface area contributed by atoms with Crippen molar-refractivity contribution in [3.8, 4) is 0 Å². The molecule has 2 rings (SSSR count). The van der Waals surface area contributed by atoms with Gasteiger partial charge in [-0.15, -0.1) is 0 Å². The summed E-state index contributed by atoms with van der Waals surface area (Å²) >= 11 is 0. The number of hydrogen-bond acceptors (Lipinski definition) is 3. The molecule has 0 aliphatic carbocycles. The fourth-order valence-electron chi connectivity index (χ4n) is 2.20. The third-order valence-electron chi connectivity index (χ3n) is 3.08. The lowest BCUT2D eigenvalue weighted by atomic mass is 10.0. The van der Waals surface area contributed by atoms with Gasteiger partial charge in [-0.2, -0.15) is 0 Å². The van der Waals surface area contributed by atoms with Crippen molar-refractivity contribution in [3.63, 3.8) is 0 Å². The van der Waals surface area contributed by atoms with Crippen molar-refractivity contribution >= 4 is 5.91 Å². The van der Waals surface area contributed by atoms with E-state index in [1.54, 1.807) is 0 Å². The monoisotopic (exact) mass is 197 g/mol. The Balaban J connectivity index is 1.71. The lowest BCUT2D eigenvalue weighted by Crippen LogP contribution is -2.51. The van der Waals surface area contributed by atoms with Gasteiger partial charge in [0.15, 0.2) is 0 Å². The van der Waals surface area contributed by atoms with E-state index in [-0.39, 0.29) is 5.91 Å². The second kappa shape index (κ2) is 4.75. The van der Waals surface area contributed by atoms with Gasteiger partial charge in [0.05, 0.1) is 0 Å². The van der Waals surface area contributed by atoms with Gasteiger partial charge in [-0.1, -0.05) is 0 Å². The summed E-state index contributed by atoms with van der Waals surface area (Å²) in [5, 5.41) is 9.88. The van der Waals surface area contributed by atoms with Gasteiger partial charge in [-0.3, -0.25) is 4.79 Å². The third-order valence-corrected chi connectivity index (χ3v) is 3.08. The minimum absolute atomic E-state index is 0.202.